The molecule has 1 aromatic rings. The molecule has 1 fully saturated rings. The first kappa shape index (κ1) is 8.73. The number of benzene rings is 1. The lowest BCUT2D eigenvalue weighted by molar-refractivity contribution is 0.245. The lowest BCUT2D eigenvalue weighted by atomic mass is 10.1. The lowest BCUT2D eigenvalue weighted by Gasteiger charge is -2.25. The quantitative estimate of drug-likeness (QED) is 0.663. The zero-order valence-electron chi connectivity index (χ0n) is 8.22. The van der Waals surface area contributed by atoms with Gasteiger partial charge in [0.2, 0.25) is 0 Å². The molecular weight excluding hydrogens is 192 g/mol. The van der Waals surface area contributed by atoms with Crippen LogP contribution >= 0.6 is 0 Å². The Labute approximate surface area is 87.5 Å². The number of aromatic hydroxyl groups is 1. The van der Waals surface area contributed by atoms with Crippen molar-refractivity contribution in [2.45, 2.75) is 19.1 Å². The summed E-state index contributed by atoms with van der Waals surface area (Å²) in [6, 6.07) is 5.15. The molecule has 78 valence electrons. The summed E-state index contributed by atoms with van der Waals surface area (Å²) >= 11 is 0. The van der Waals surface area contributed by atoms with Crippen LogP contribution in [0.4, 0.5) is 5.69 Å². The first-order valence-corrected chi connectivity index (χ1v) is 5.07. The molecule has 1 aromatic carbocycles. The monoisotopic (exact) mass is 204 g/mol. The summed E-state index contributed by atoms with van der Waals surface area (Å²) in [5.41, 5.74) is 1.88. The third kappa shape index (κ3) is 1.29. The molecular formula is C11H12N2O2. The van der Waals surface area contributed by atoms with Gasteiger partial charge in [-0.2, -0.15) is 0 Å². The van der Waals surface area contributed by atoms with Gasteiger partial charge >= 0.3 is 0 Å². The van der Waals surface area contributed by atoms with Crippen LogP contribution in [0.2, 0.25) is 0 Å². The second kappa shape index (κ2) is 2.97. The first-order valence-electron chi connectivity index (χ1n) is 5.07. The molecule has 0 saturated carbocycles. The zero-order chi connectivity index (χ0) is 10.4. The molecule has 0 aliphatic carbocycles. The van der Waals surface area contributed by atoms with Gasteiger partial charge in [-0.05, 0) is 24.6 Å². The Kier molecular flexibility index (Phi) is 1.73. The van der Waals surface area contributed by atoms with Gasteiger partial charge in [0.25, 0.3) is 0 Å². The summed E-state index contributed by atoms with van der Waals surface area (Å²) in [6.45, 7) is 1.58. The zero-order valence-corrected chi connectivity index (χ0v) is 8.22. The van der Waals surface area contributed by atoms with Crippen LogP contribution in [0, 0.1) is 0 Å². The number of aliphatic hydroxyl groups is 1. The molecule has 0 aromatic heterocycles. The number of rotatable bonds is 0. The van der Waals surface area contributed by atoms with Gasteiger partial charge in [0.15, 0.2) is 0 Å². The Balaban J connectivity index is 2.08. The number of hydrogen-bond donors (Lipinski definition) is 2. The third-order valence-corrected chi connectivity index (χ3v) is 2.95. The van der Waals surface area contributed by atoms with E-state index in [-0.39, 0.29) is 5.75 Å². The number of hydrogen-bond acceptors (Lipinski definition) is 4. The second-order valence-electron chi connectivity index (χ2n) is 4.01. The first-order chi connectivity index (χ1) is 7.24. The second-order valence-corrected chi connectivity index (χ2v) is 4.01. The summed E-state index contributed by atoms with van der Waals surface area (Å²) in [5.74, 6) is 1.04. The summed E-state index contributed by atoms with van der Waals surface area (Å²) in [7, 11) is 0. The molecule has 0 bridgehead atoms. The van der Waals surface area contributed by atoms with E-state index >= 15 is 0 Å². The Hall–Kier alpha value is -1.55. The maximum atomic E-state index is 9.68. The summed E-state index contributed by atoms with van der Waals surface area (Å²) < 4.78 is 0. The fourth-order valence-electron chi connectivity index (χ4n) is 2.17. The van der Waals surface area contributed by atoms with Crippen molar-refractivity contribution in [3.8, 4) is 5.75 Å². The van der Waals surface area contributed by atoms with Crippen molar-refractivity contribution >= 4 is 11.5 Å². The summed E-state index contributed by atoms with van der Waals surface area (Å²) in [5, 5.41) is 19.0. The molecule has 4 heteroatoms. The number of nitrogens with zero attached hydrogens (tertiary/aromatic N) is 2. The van der Waals surface area contributed by atoms with E-state index in [1.54, 1.807) is 18.2 Å². The lowest BCUT2D eigenvalue weighted by Crippen LogP contribution is -2.31. The van der Waals surface area contributed by atoms with Crippen molar-refractivity contribution < 1.29 is 10.2 Å². The maximum absolute atomic E-state index is 9.68. The molecule has 1 atom stereocenters. The highest BCUT2D eigenvalue weighted by Crippen LogP contribution is 2.32. The average molecular weight is 204 g/mol. The van der Waals surface area contributed by atoms with Crippen LogP contribution in [0.3, 0.4) is 0 Å². The minimum absolute atomic E-state index is 0.271. The third-order valence-electron chi connectivity index (χ3n) is 2.95. The number of phenolic OH excluding ortho intramolecular Hbond substituents is 1. The SMILES string of the molecule is Oc1ccc2c(c1)CN1CC[C@@H](O)C1=N2. The van der Waals surface area contributed by atoms with Crippen molar-refractivity contribution in [3.63, 3.8) is 0 Å². The minimum atomic E-state index is -0.424. The number of aliphatic imine (C=N–C) groups is 1. The Bertz CT molecular complexity index is 442. The Morgan fingerprint density at radius 2 is 2.27 bits per heavy atom. The van der Waals surface area contributed by atoms with Crippen molar-refractivity contribution in [1.29, 1.82) is 0 Å². The van der Waals surface area contributed by atoms with E-state index < -0.39 is 6.10 Å². The van der Waals surface area contributed by atoms with E-state index in [9.17, 15) is 10.2 Å². The normalized spacial score (nSPS) is 23.4. The molecule has 15 heavy (non-hydrogen) atoms. The van der Waals surface area contributed by atoms with E-state index in [1.165, 1.54) is 0 Å². The van der Waals surface area contributed by atoms with E-state index in [4.69, 9.17) is 0 Å². The number of aliphatic hydroxyl groups excluding tert-OH is 1. The van der Waals surface area contributed by atoms with Crippen molar-refractivity contribution in [2.75, 3.05) is 6.54 Å². The van der Waals surface area contributed by atoms with Gasteiger partial charge in [0, 0.05) is 18.7 Å². The molecule has 1 saturated heterocycles. The highest BCUT2D eigenvalue weighted by molar-refractivity contribution is 5.92. The molecule has 2 aliphatic rings. The molecule has 0 spiro atoms. The van der Waals surface area contributed by atoms with Crippen LogP contribution in [-0.2, 0) is 6.54 Å². The molecule has 2 N–H and O–H groups in total. The van der Waals surface area contributed by atoms with Crippen LogP contribution in [-0.4, -0.2) is 33.6 Å². The molecule has 2 heterocycles. The van der Waals surface area contributed by atoms with Gasteiger partial charge in [0.1, 0.15) is 17.7 Å². The van der Waals surface area contributed by atoms with E-state index in [0.717, 1.165) is 36.6 Å². The van der Waals surface area contributed by atoms with Crippen LogP contribution in [0.5, 0.6) is 5.75 Å². The fraction of sp³-hybridized carbons (Fsp3) is 0.364. The largest absolute Gasteiger partial charge is 0.508 e. The van der Waals surface area contributed by atoms with Gasteiger partial charge < -0.3 is 15.1 Å². The van der Waals surface area contributed by atoms with E-state index in [2.05, 4.69) is 9.89 Å². The number of amidine groups is 1. The molecule has 3 rings (SSSR count). The van der Waals surface area contributed by atoms with Gasteiger partial charge in [-0.15, -0.1) is 0 Å². The van der Waals surface area contributed by atoms with E-state index in [1.807, 2.05) is 0 Å². The van der Waals surface area contributed by atoms with Crippen molar-refractivity contribution in [1.82, 2.24) is 4.90 Å². The molecule has 4 nitrogen and oxygen atoms in total. The fourth-order valence-corrected chi connectivity index (χ4v) is 2.17. The number of phenols is 1. The summed E-state index contributed by atoms with van der Waals surface area (Å²) in [4.78, 5) is 6.47. The van der Waals surface area contributed by atoms with Gasteiger partial charge in [0.05, 0.1) is 5.69 Å². The predicted molar refractivity (Wildman–Crippen MR) is 56.2 cm³/mol. The standard InChI is InChI=1S/C11H12N2O2/c14-8-1-2-9-7(5-8)6-13-4-3-10(15)11(13)12-9/h1-2,5,10,14-15H,3-4,6H2/t10-/m1/s1. The predicted octanol–water partition coefficient (Wildman–Crippen LogP) is 1.00. The molecule has 0 unspecified atom stereocenters. The Morgan fingerprint density at radius 3 is 3.13 bits per heavy atom. The molecule has 0 amide bonds. The van der Waals surface area contributed by atoms with Gasteiger partial charge in [-0.3, -0.25) is 0 Å². The molecule has 2 aliphatic heterocycles. The van der Waals surface area contributed by atoms with Crippen molar-refractivity contribution in [2.24, 2.45) is 4.99 Å². The van der Waals surface area contributed by atoms with Crippen LogP contribution < -0.4 is 0 Å². The highest BCUT2D eigenvalue weighted by Gasteiger charge is 2.31. The highest BCUT2D eigenvalue weighted by atomic mass is 16.3. The smallest absolute Gasteiger partial charge is 0.134 e. The Morgan fingerprint density at radius 1 is 1.40 bits per heavy atom. The van der Waals surface area contributed by atoms with Gasteiger partial charge in [-0.25, -0.2) is 4.99 Å². The van der Waals surface area contributed by atoms with Crippen molar-refractivity contribution in [3.05, 3.63) is 23.8 Å². The van der Waals surface area contributed by atoms with Crippen LogP contribution in [0.1, 0.15) is 12.0 Å². The number of fused-ring (bicyclic) bond motifs is 2. The topological polar surface area (TPSA) is 56.1 Å². The molecule has 0 radical (unpaired) electrons. The van der Waals surface area contributed by atoms with Crippen LogP contribution in [0.15, 0.2) is 23.2 Å². The minimum Gasteiger partial charge on any atom is -0.508 e. The average Bonchev–Trinajstić information content (AvgIpc) is 2.57. The van der Waals surface area contributed by atoms with Gasteiger partial charge in [-0.1, -0.05) is 0 Å². The summed E-state index contributed by atoms with van der Waals surface area (Å²) in [6.07, 6.45) is 0.325. The van der Waals surface area contributed by atoms with E-state index in [0.29, 0.717) is 0 Å². The maximum Gasteiger partial charge on any atom is 0.134 e. The van der Waals surface area contributed by atoms with Crippen LogP contribution in [0.25, 0.3) is 0 Å².